The van der Waals surface area contributed by atoms with Crippen molar-refractivity contribution in [2.24, 2.45) is 0 Å². The Kier molecular flexibility index (Phi) is 10.2. The fourth-order valence-electron chi connectivity index (χ4n) is 5.36. The Bertz CT molecular complexity index is 1090. The largest absolute Gasteiger partial charge is 0.417 e. The second-order valence-electron chi connectivity index (χ2n) is 12.6. The molecule has 0 spiro atoms. The first kappa shape index (κ1) is 30.5. The lowest BCUT2D eigenvalue weighted by atomic mass is 9.80. The maximum Gasteiger partial charge on any atom is 0.191 e. The molecule has 4 heteroatoms. The Morgan fingerprint density at radius 3 is 1.70 bits per heavy atom. The van der Waals surface area contributed by atoms with Gasteiger partial charge in [-0.3, -0.25) is 0 Å². The van der Waals surface area contributed by atoms with Gasteiger partial charge in [-0.05, 0) is 72.5 Å². The van der Waals surface area contributed by atoms with Crippen molar-refractivity contribution in [2.45, 2.75) is 88.8 Å². The minimum atomic E-state index is -1.70. The molecule has 1 saturated heterocycles. The van der Waals surface area contributed by atoms with E-state index in [1.165, 1.54) is 5.57 Å². The van der Waals surface area contributed by atoms with E-state index in [9.17, 15) is 0 Å². The van der Waals surface area contributed by atoms with Crippen molar-refractivity contribution >= 4 is 8.32 Å². The number of hydrogen-bond donors (Lipinski definition) is 0. The van der Waals surface area contributed by atoms with Crippen molar-refractivity contribution in [3.05, 3.63) is 120 Å². The van der Waals surface area contributed by atoms with Gasteiger partial charge in [-0.2, -0.15) is 0 Å². The molecule has 0 bridgehead atoms. The molecule has 4 rings (SSSR count). The first-order valence-electron chi connectivity index (χ1n) is 14.9. The average molecular weight is 557 g/mol. The zero-order chi connectivity index (χ0) is 28.6. The molecule has 0 saturated carbocycles. The summed E-state index contributed by atoms with van der Waals surface area (Å²) in [6.07, 6.45) is 5.18. The summed E-state index contributed by atoms with van der Waals surface area (Å²) < 4.78 is 19.8. The SMILES string of the molecule is C=C1C[C@H](CCCOC(c2ccccc2)(c2ccccc2)c2ccccc2)O[C@H]1CCCO[Si](C)(C)C(C)(C)C. The summed E-state index contributed by atoms with van der Waals surface area (Å²) in [5.74, 6) is 0. The predicted octanol–water partition coefficient (Wildman–Crippen LogP) is 9.29. The minimum absolute atomic E-state index is 0.144. The van der Waals surface area contributed by atoms with Crippen LogP contribution in [0, 0.1) is 0 Å². The highest BCUT2D eigenvalue weighted by atomic mass is 28.4. The third-order valence-electron chi connectivity index (χ3n) is 8.71. The van der Waals surface area contributed by atoms with E-state index < -0.39 is 13.9 Å². The molecule has 0 amide bonds. The monoisotopic (exact) mass is 556 g/mol. The van der Waals surface area contributed by atoms with Crippen molar-refractivity contribution in [2.75, 3.05) is 13.2 Å². The van der Waals surface area contributed by atoms with Gasteiger partial charge in [0.05, 0.1) is 12.2 Å². The summed E-state index contributed by atoms with van der Waals surface area (Å²) in [6, 6.07) is 31.8. The maximum atomic E-state index is 6.95. The molecule has 0 N–H and O–H groups in total. The van der Waals surface area contributed by atoms with E-state index in [0.29, 0.717) is 6.61 Å². The molecular weight excluding hydrogens is 508 g/mol. The van der Waals surface area contributed by atoms with Gasteiger partial charge in [-0.15, -0.1) is 0 Å². The number of ether oxygens (including phenoxy) is 2. The van der Waals surface area contributed by atoms with Crippen LogP contribution in [0.1, 0.15) is 69.6 Å². The molecule has 214 valence electrons. The van der Waals surface area contributed by atoms with Gasteiger partial charge in [0, 0.05) is 13.2 Å². The van der Waals surface area contributed by atoms with Gasteiger partial charge in [0.15, 0.2) is 8.32 Å². The molecule has 1 aliphatic heterocycles. The summed E-state index contributed by atoms with van der Waals surface area (Å²) in [7, 11) is -1.70. The summed E-state index contributed by atoms with van der Waals surface area (Å²) >= 11 is 0. The van der Waals surface area contributed by atoms with Gasteiger partial charge in [-0.1, -0.05) is 118 Å². The molecule has 0 radical (unpaired) electrons. The average Bonchev–Trinajstić information content (AvgIpc) is 3.31. The lowest BCUT2D eigenvalue weighted by molar-refractivity contribution is -0.00280. The van der Waals surface area contributed by atoms with E-state index in [2.05, 4.69) is 131 Å². The molecule has 1 fully saturated rings. The van der Waals surface area contributed by atoms with Crippen molar-refractivity contribution in [1.29, 1.82) is 0 Å². The van der Waals surface area contributed by atoms with Crippen LogP contribution in [0.3, 0.4) is 0 Å². The van der Waals surface area contributed by atoms with Crippen LogP contribution in [0.4, 0.5) is 0 Å². The lowest BCUT2D eigenvalue weighted by Gasteiger charge is -2.36. The number of rotatable bonds is 13. The highest BCUT2D eigenvalue weighted by molar-refractivity contribution is 6.74. The van der Waals surface area contributed by atoms with Gasteiger partial charge in [0.25, 0.3) is 0 Å². The first-order chi connectivity index (χ1) is 19.1. The molecular formula is C36H48O3Si. The van der Waals surface area contributed by atoms with Gasteiger partial charge in [0.2, 0.25) is 0 Å². The lowest BCUT2D eigenvalue weighted by Crippen LogP contribution is -2.41. The van der Waals surface area contributed by atoms with Crippen LogP contribution in [0.25, 0.3) is 0 Å². The zero-order valence-electron chi connectivity index (χ0n) is 25.2. The van der Waals surface area contributed by atoms with E-state index in [4.69, 9.17) is 13.9 Å². The predicted molar refractivity (Wildman–Crippen MR) is 169 cm³/mol. The van der Waals surface area contributed by atoms with E-state index in [1.807, 2.05) is 0 Å². The molecule has 3 nitrogen and oxygen atoms in total. The quantitative estimate of drug-likeness (QED) is 0.0908. The van der Waals surface area contributed by atoms with Crippen LogP contribution in [0.15, 0.2) is 103 Å². The Labute approximate surface area is 243 Å². The van der Waals surface area contributed by atoms with Crippen LogP contribution in [0.5, 0.6) is 0 Å². The third kappa shape index (κ3) is 7.22. The summed E-state index contributed by atoms with van der Waals surface area (Å²) in [6.45, 7) is 17.3. The van der Waals surface area contributed by atoms with Crippen molar-refractivity contribution in [3.8, 4) is 0 Å². The van der Waals surface area contributed by atoms with Crippen LogP contribution in [-0.4, -0.2) is 33.7 Å². The van der Waals surface area contributed by atoms with E-state index in [-0.39, 0.29) is 17.2 Å². The minimum Gasteiger partial charge on any atom is -0.417 e. The van der Waals surface area contributed by atoms with Crippen LogP contribution in [0.2, 0.25) is 18.1 Å². The molecule has 3 aromatic carbocycles. The van der Waals surface area contributed by atoms with Crippen LogP contribution >= 0.6 is 0 Å². The Hall–Kier alpha value is -2.50. The van der Waals surface area contributed by atoms with E-state index in [0.717, 1.165) is 55.4 Å². The van der Waals surface area contributed by atoms with Gasteiger partial charge >= 0.3 is 0 Å². The second-order valence-corrected chi connectivity index (χ2v) is 17.4. The van der Waals surface area contributed by atoms with Crippen molar-refractivity contribution < 1.29 is 13.9 Å². The molecule has 0 aliphatic carbocycles. The molecule has 1 aliphatic rings. The highest BCUT2D eigenvalue weighted by Gasteiger charge is 2.38. The molecule has 2 atom stereocenters. The second kappa shape index (κ2) is 13.4. The van der Waals surface area contributed by atoms with Crippen molar-refractivity contribution in [3.63, 3.8) is 0 Å². The normalized spacial score (nSPS) is 18.3. The Balaban J connectivity index is 1.36. The van der Waals surface area contributed by atoms with Gasteiger partial charge in [-0.25, -0.2) is 0 Å². The number of hydrogen-bond acceptors (Lipinski definition) is 3. The Morgan fingerprint density at radius 2 is 1.23 bits per heavy atom. The highest BCUT2D eigenvalue weighted by Crippen LogP contribution is 2.41. The van der Waals surface area contributed by atoms with Crippen molar-refractivity contribution in [1.82, 2.24) is 0 Å². The first-order valence-corrected chi connectivity index (χ1v) is 17.8. The molecule has 1 heterocycles. The third-order valence-corrected chi connectivity index (χ3v) is 13.2. The Morgan fingerprint density at radius 1 is 0.750 bits per heavy atom. The van der Waals surface area contributed by atoms with E-state index in [1.54, 1.807) is 0 Å². The standard InChI is InChI=1S/C36H48O3Si/c1-29-28-33(39-34(29)25-17-27-38-40(5,6)35(2,3)4)24-16-26-37-36(30-18-10-7-11-19-30,31-20-12-8-13-21-31)32-22-14-9-15-23-32/h7-15,18-23,33-34H,1,16-17,24-28H2,2-6H3/t33-,34-/m0/s1. The summed E-state index contributed by atoms with van der Waals surface area (Å²) in [5, 5.41) is 0.243. The number of benzene rings is 3. The molecule has 0 aromatic heterocycles. The molecule has 40 heavy (non-hydrogen) atoms. The summed E-state index contributed by atoms with van der Waals surface area (Å²) in [4.78, 5) is 0. The van der Waals surface area contributed by atoms with Crippen LogP contribution in [-0.2, 0) is 19.5 Å². The summed E-state index contributed by atoms with van der Waals surface area (Å²) in [5.41, 5.74) is 3.97. The molecule has 0 unspecified atom stereocenters. The fourth-order valence-corrected chi connectivity index (χ4v) is 6.45. The topological polar surface area (TPSA) is 27.7 Å². The van der Waals surface area contributed by atoms with Gasteiger partial charge < -0.3 is 13.9 Å². The zero-order valence-corrected chi connectivity index (χ0v) is 26.2. The van der Waals surface area contributed by atoms with Crippen LogP contribution < -0.4 is 0 Å². The van der Waals surface area contributed by atoms with E-state index >= 15 is 0 Å². The fraction of sp³-hybridized carbons (Fsp3) is 0.444. The smallest absolute Gasteiger partial charge is 0.191 e. The molecule has 3 aromatic rings. The maximum absolute atomic E-state index is 6.95. The van der Waals surface area contributed by atoms with Gasteiger partial charge in [0.1, 0.15) is 5.60 Å².